The van der Waals surface area contributed by atoms with Gasteiger partial charge in [0.2, 0.25) is 5.91 Å². The highest BCUT2D eigenvalue weighted by molar-refractivity contribution is 5.86. The number of aromatic amines is 1. The molecule has 0 unspecified atom stereocenters. The van der Waals surface area contributed by atoms with E-state index in [1.54, 1.807) is 12.1 Å². The van der Waals surface area contributed by atoms with E-state index in [2.05, 4.69) is 47.6 Å². The molecular weight excluding hydrogens is 363 g/mol. The van der Waals surface area contributed by atoms with E-state index in [1.807, 2.05) is 24.4 Å². The molecule has 2 N–H and O–H groups in total. The number of fused-ring (bicyclic) bond motifs is 1. The highest BCUT2D eigenvalue weighted by atomic mass is 19.1. The number of hydrogen-bond donors (Lipinski definition) is 2. The highest BCUT2D eigenvalue weighted by Crippen LogP contribution is 2.33. The van der Waals surface area contributed by atoms with Crippen molar-refractivity contribution in [2.45, 2.75) is 25.8 Å². The lowest BCUT2D eigenvalue weighted by molar-refractivity contribution is -0.121. The lowest BCUT2D eigenvalue weighted by Crippen LogP contribution is -2.25. The topological polar surface area (TPSA) is 44.9 Å². The molecule has 1 amide bonds. The smallest absolute Gasteiger partial charge is 0.221 e. The summed E-state index contributed by atoms with van der Waals surface area (Å²) in [7, 11) is 0. The van der Waals surface area contributed by atoms with E-state index in [-0.39, 0.29) is 17.6 Å². The van der Waals surface area contributed by atoms with E-state index >= 15 is 0 Å². The number of aryl methyl sites for hydroxylation is 1. The van der Waals surface area contributed by atoms with Crippen LogP contribution in [-0.2, 0) is 11.3 Å². The molecular formula is C25H23FN2O. The molecule has 3 aromatic carbocycles. The van der Waals surface area contributed by atoms with Gasteiger partial charge >= 0.3 is 0 Å². The van der Waals surface area contributed by atoms with Crippen molar-refractivity contribution in [1.82, 2.24) is 10.3 Å². The van der Waals surface area contributed by atoms with Gasteiger partial charge in [0.1, 0.15) is 5.82 Å². The molecule has 3 nitrogen and oxygen atoms in total. The Morgan fingerprint density at radius 1 is 1.00 bits per heavy atom. The first-order valence-corrected chi connectivity index (χ1v) is 9.74. The van der Waals surface area contributed by atoms with Crippen LogP contribution in [0.1, 0.15) is 34.6 Å². The molecule has 0 fully saturated rings. The Labute approximate surface area is 169 Å². The van der Waals surface area contributed by atoms with Crippen molar-refractivity contribution in [3.05, 3.63) is 107 Å². The maximum atomic E-state index is 13.1. The zero-order chi connectivity index (χ0) is 20.2. The van der Waals surface area contributed by atoms with Crippen LogP contribution in [0.2, 0.25) is 0 Å². The van der Waals surface area contributed by atoms with Crippen molar-refractivity contribution in [3.8, 4) is 0 Å². The molecule has 4 heteroatoms. The Hall–Kier alpha value is -3.40. The van der Waals surface area contributed by atoms with Gasteiger partial charge in [0, 0.05) is 36.0 Å². The van der Waals surface area contributed by atoms with E-state index in [0.29, 0.717) is 13.0 Å². The van der Waals surface area contributed by atoms with Crippen molar-refractivity contribution < 1.29 is 9.18 Å². The van der Waals surface area contributed by atoms with Gasteiger partial charge in [0.25, 0.3) is 0 Å². The number of benzene rings is 3. The van der Waals surface area contributed by atoms with Crippen molar-refractivity contribution in [2.75, 3.05) is 0 Å². The Kier molecular flexibility index (Phi) is 5.43. The van der Waals surface area contributed by atoms with Crippen molar-refractivity contribution in [3.63, 3.8) is 0 Å². The van der Waals surface area contributed by atoms with Gasteiger partial charge in [0.05, 0.1) is 0 Å². The third-order valence-electron chi connectivity index (χ3n) is 5.27. The average molecular weight is 386 g/mol. The molecule has 1 atom stereocenters. The number of rotatable bonds is 6. The molecule has 0 aliphatic rings. The van der Waals surface area contributed by atoms with Crippen LogP contribution in [0.25, 0.3) is 10.9 Å². The predicted molar refractivity (Wildman–Crippen MR) is 114 cm³/mol. The Bertz CT molecular complexity index is 1110. The van der Waals surface area contributed by atoms with E-state index in [4.69, 9.17) is 0 Å². The first kappa shape index (κ1) is 18.9. The maximum Gasteiger partial charge on any atom is 0.221 e. The van der Waals surface area contributed by atoms with Crippen molar-refractivity contribution in [1.29, 1.82) is 0 Å². The molecule has 0 saturated carbocycles. The number of carbonyl (C=O) groups is 1. The lowest BCUT2D eigenvalue weighted by atomic mass is 9.87. The molecule has 29 heavy (non-hydrogen) atoms. The summed E-state index contributed by atoms with van der Waals surface area (Å²) in [6.07, 6.45) is 2.34. The largest absolute Gasteiger partial charge is 0.361 e. The summed E-state index contributed by atoms with van der Waals surface area (Å²) in [5, 5.41) is 4.10. The summed E-state index contributed by atoms with van der Waals surface area (Å²) >= 11 is 0. The molecule has 0 bridgehead atoms. The fraction of sp³-hybridized carbons (Fsp3) is 0.160. The number of aromatic nitrogens is 1. The predicted octanol–water partition coefficient (Wildman–Crippen LogP) is 5.45. The van der Waals surface area contributed by atoms with Gasteiger partial charge in [-0.25, -0.2) is 4.39 Å². The lowest BCUT2D eigenvalue weighted by Gasteiger charge is -2.17. The van der Waals surface area contributed by atoms with Crippen LogP contribution in [0.5, 0.6) is 0 Å². The van der Waals surface area contributed by atoms with Crippen LogP contribution >= 0.6 is 0 Å². The van der Waals surface area contributed by atoms with Crippen LogP contribution in [-0.4, -0.2) is 10.9 Å². The summed E-state index contributed by atoms with van der Waals surface area (Å²) in [6.45, 7) is 2.44. The van der Waals surface area contributed by atoms with Gasteiger partial charge in [-0.15, -0.1) is 0 Å². The van der Waals surface area contributed by atoms with Crippen molar-refractivity contribution in [2.24, 2.45) is 0 Å². The van der Waals surface area contributed by atoms with Crippen LogP contribution in [0.15, 0.2) is 79.0 Å². The zero-order valence-corrected chi connectivity index (χ0v) is 16.3. The molecule has 0 spiro atoms. The Morgan fingerprint density at radius 3 is 2.48 bits per heavy atom. The first-order valence-electron chi connectivity index (χ1n) is 9.74. The summed E-state index contributed by atoms with van der Waals surface area (Å²) in [4.78, 5) is 16.1. The second kappa shape index (κ2) is 8.31. The molecule has 0 saturated heterocycles. The van der Waals surface area contributed by atoms with Gasteiger partial charge in [-0.05, 0) is 41.8 Å². The van der Waals surface area contributed by atoms with E-state index in [1.165, 1.54) is 17.7 Å². The molecule has 0 aliphatic heterocycles. The maximum absolute atomic E-state index is 13.1. The minimum Gasteiger partial charge on any atom is -0.361 e. The first-order chi connectivity index (χ1) is 14.1. The van der Waals surface area contributed by atoms with Crippen LogP contribution in [0, 0.1) is 12.7 Å². The summed E-state index contributed by atoms with van der Waals surface area (Å²) in [5.41, 5.74) is 5.34. The third kappa shape index (κ3) is 4.37. The van der Waals surface area contributed by atoms with Crippen LogP contribution in [0.4, 0.5) is 4.39 Å². The monoisotopic (exact) mass is 386 g/mol. The molecule has 4 rings (SSSR count). The summed E-state index contributed by atoms with van der Waals surface area (Å²) in [5.74, 6) is -0.371. The minimum absolute atomic E-state index is 0.0369. The molecule has 1 heterocycles. The van der Waals surface area contributed by atoms with E-state index < -0.39 is 0 Å². The normalized spacial score (nSPS) is 12.1. The number of carbonyl (C=O) groups excluding carboxylic acids is 1. The Balaban J connectivity index is 1.57. The average Bonchev–Trinajstić information content (AvgIpc) is 3.16. The molecule has 1 aromatic heterocycles. The van der Waals surface area contributed by atoms with E-state index in [9.17, 15) is 9.18 Å². The molecule has 146 valence electrons. The molecule has 4 aromatic rings. The second-order valence-corrected chi connectivity index (χ2v) is 7.36. The fourth-order valence-electron chi connectivity index (χ4n) is 3.65. The number of hydrogen-bond acceptors (Lipinski definition) is 1. The zero-order valence-electron chi connectivity index (χ0n) is 16.3. The number of halogens is 1. The highest BCUT2D eigenvalue weighted by Gasteiger charge is 2.21. The fourth-order valence-corrected chi connectivity index (χ4v) is 3.65. The number of nitrogens with one attached hydrogen (secondary N) is 2. The summed E-state index contributed by atoms with van der Waals surface area (Å²) in [6, 6.07) is 22.7. The van der Waals surface area contributed by atoms with Crippen LogP contribution < -0.4 is 5.32 Å². The number of amides is 1. The number of para-hydroxylation sites is 1. The van der Waals surface area contributed by atoms with Crippen LogP contribution in [0.3, 0.4) is 0 Å². The van der Waals surface area contributed by atoms with Gasteiger partial charge < -0.3 is 10.3 Å². The number of H-pyrrole nitrogens is 1. The van der Waals surface area contributed by atoms with E-state index in [0.717, 1.165) is 27.6 Å². The minimum atomic E-state index is -0.279. The SMILES string of the molecule is Cc1ccc([C@@H](CC(=O)NCc2ccc(F)cc2)c2c[nH]c3ccccc23)cc1. The van der Waals surface area contributed by atoms with Gasteiger partial charge in [-0.2, -0.15) is 0 Å². The Morgan fingerprint density at radius 2 is 1.72 bits per heavy atom. The molecule has 0 radical (unpaired) electrons. The van der Waals surface area contributed by atoms with Crippen molar-refractivity contribution >= 4 is 16.8 Å². The van der Waals surface area contributed by atoms with Gasteiger partial charge in [-0.1, -0.05) is 60.2 Å². The third-order valence-corrected chi connectivity index (χ3v) is 5.27. The molecule has 0 aliphatic carbocycles. The quantitative estimate of drug-likeness (QED) is 0.454. The standard InChI is InChI=1S/C25H23FN2O/c1-17-6-10-19(11-7-17)22(23-16-27-24-5-3-2-4-21(23)24)14-25(29)28-15-18-8-12-20(26)13-9-18/h2-13,16,22,27H,14-15H2,1H3,(H,28,29)/t22-/m1/s1. The second-order valence-electron chi connectivity index (χ2n) is 7.36. The van der Waals surface area contributed by atoms with Gasteiger partial charge in [-0.3, -0.25) is 4.79 Å². The van der Waals surface area contributed by atoms with Gasteiger partial charge in [0.15, 0.2) is 0 Å². The summed E-state index contributed by atoms with van der Waals surface area (Å²) < 4.78 is 13.1.